The number of amides is 1. The Hall–Kier alpha value is -3.10. The molecule has 2 saturated heterocycles. The van der Waals surface area contributed by atoms with E-state index in [0.717, 1.165) is 19.6 Å². The Balaban J connectivity index is 1.62. The number of furan rings is 1. The number of hydrogen-bond acceptors (Lipinski definition) is 7. The lowest BCUT2D eigenvalue weighted by Crippen LogP contribution is -2.38. The molecule has 1 atom stereocenters. The second-order valence-electron chi connectivity index (χ2n) is 7.78. The van der Waals surface area contributed by atoms with Gasteiger partial charge in [0.1, 0.15) is 23.3 Å². The Morgan fingerprint density at radius 3 is 2.69 bits per heavy atom. The quantitative estimate of drug-likeness (QED) is 0.383. The molecule has 0 unspecified atom stereocenters. The molecule has 8 heteroatoms. The van der Waals surface area contributed by atoms with Gasteiger partial charge in [0.2, 0.25) is 0 Å². The monoisotopic (exact) mass is 440 g/mol. The zero-order chi connectivity index (χ0) is 22.5. The van der Waals surface area contributed by atoms with Crippen molar-refractivity contribution in [2.24, 2.45) is 0 Å². The van der Waals surface area contributed by atoms with Crippen molar-refractivity contribution < 1.29 is 28.6 Å². The second-order valence-corrected chi connectivity index (χ2v) is 7.78. The van der Waals surface area contributed by atoms with E-state index in [1.807, 2.05) is 6.92 Å². The van der Waals surface area contributed by atoms with Crippen LogP contribution in [0.15, 0.2) is 52.7 Å². The molecule has 1 N–H and O–H groups in total. The number of aliphatic hydroxyl groups is 1. The van der Waals surface area contributed by atoms with Gasteiger partial charge in [-0.2, -0.15) is 0 Å². The molecule has 2 fully saturated rings. The Morgan fingerprint density at radius 2 is 1.97 bits per heavy atom. The van der Waals surface area contributed by atoms with Gasteiger partial charge in [0.05, 0.1) is 31.7 Å². The molecule has 3 heterocycles. The van der Waals surface area contributed by atoms with E-state index >= 15 is 0 Å². The summed E-state index contributed by atoms with van der Waals surface area (Å²) in [7, 11) is 0. The summed E-state index contributed by atoms with van der Waals surface area (Å²) in [5, 5.41) is 11.1. The summed E-state index contributed by atoms with van der Waals surface area (Å²) in [6.07, 6.45) is 2.20. The van der Waals surface area contributed by atoms with Crippen molar-refractivity contribution >= 4 is 17.4 Å². The van der Waals surface area contributed by atoms with Crippen LogP contribution in [0.3, 0.4) is 0 Å². The molecule has 32 heavy (non-hydrogen) atoms. The van der Waals surface area contributed by atoms with Crippen LogP contribution in [0, 0.1) is 0 Å². The highest BCUT2D eigenvalue weighted by Gasteiger charge is 2.47. The van der Waals surface area contributed by atoms with Crippen LogP contribution in [0.1, 0.15) is 30.7 Å². The first-order chi connectivity index (χ1) is 15.6. The van der Waals surface area contributed by atoms with Crippen LogP contribution in [-0.4, -0.2) is 72.6 Å². The van der Waals surface area contributed by atoms with Crippen molar-refractivity contribution in [2.45, 2.75) is 19.4 Å². The lowest BCUT2D eigenvalue weighted by atomic mass is 9.99. The highest BCUT2D eigenvalue weighted by Crippen LogP contribution is 2.39. The number of carbonyl (C=O) groups excluding carboxylic acids is 2. The Labute approximate surface area is 187 Å². The third-order valence-electron chi connectivity index (χ3n) is 5.75. The maximum atomic E-state index is 13.0. The number of rotatable bonds is 8. The molecule has 0 saturated carbocycles. The largest absolute Gasteiger partial charge is 0.507 e. The zero-order valence-corrected chi connectivity index (χ0v) is 18.2. The van der Waals surface area contributed by atoms with Crippen molar-refractivity contribution in [3.8, 4) is 5.75 Å². The average molecular weight is 440 g/mol. The van der Waals surface area contributed by atoms with E-state index in [-0.39, 0.29) is 11.3 Å². The number of ether oxygens (including phenoxy) is 2. The van der Waals surface area contributed by atoms with Gasteiger partial charge in [-0.25, -0.2) is 0 Å². The second kappa shape index (κ2) is 10.0. The van der Waals surface area contributed by atoms with Crippen LogP contribution >= 0.6 is 0 Å². The summed E-state index contributed by atoms with van der Waals surface area (Å²) in [5.41, 5.74) is 0.448. The van der Waals surface area contributed by atoms with Crippen molar-refractivity contribution in [3.05, 3.63) is 59.6 Å². The zero-order valence-electron chi connectivity index (χ0n) is 18.2. The third-order valence-corrected chi connectivity index (χ3v) is 5.75. The highest BCUT2D eigenvalue weighted by molar-refractivity contribution is 6.46. The Morgan fingerprint density at radius 1 is 1.16 bits per heavy atom. The lowest BCUT2D eigenvalue weighted by Gasteiger charge is -2.28. The van der Waals surface area contributed by atoms with E-state index in [1.165, 1.54) is 11.2 Å². The SMILES string of the molecule is CCOc1cccc(C(O)=C2C(=O)C(=O)N(CCCN3CCOCC3)[C@H]2c2ccco2)c1. The van der Waals surface area contributed by atoms with Crippen LogP contribution in [0.4, 0.5) is 0 Å². The summed E-state index contributed by atoms with van der Waals surface area (Å²) >= 11 is 0. The maximum absolute atomic E-state index is 13.0. The first kappa shape index (κ1) is 22.1. The molecule has 0 bridgehead atoms. The normalized spacial score (nSPS) is 21.3. The molecule has 1 aromatic heterocycles. The lowest BCUT2D eigenvalue weighted by molar-refractivity contribution is -0.140. The van der Waals surface area contributed by atoms with Gasteiger partial charge >= 0.3 is 0 Å². The van der Waals surface area contributed by atoms with Crippen molar-refractivity contribution in [2.75, 3.05) is 46.0 Å². The van der Waals surface area contributed by atoms with Gasteiger partial charge in [0.25, 0.3) is 11.7 Å². The minimum atomic E-state index is -0.773. The van der Waals surface area contributed by atoms with Crippen molar-refractivity contribution in [1.29, 1.82) is 0 Å². The molecular weight excluding hydrogens is 412 g/mol. The third kappa shape index (κ3) is 4.56. The summed E-state index contributed by atoms with van der Waals surface area (Å²) in [5.74, 6) is -0.557. The van der Waals surface area contributed by atoms with Crippen LogP contribution in [-0.2, 0) is 14.3 Å². The summed E-state index contributed by atoms with van der Waals surface area (Å²) in [4.78, 5) is 29.7. The van der Waals surface area contributed by atoms with Crippen molar-refractivity contribution in [3.63, 3.8) is 0 Å². The molecule has 2 aromatic rings. The number of morpholine rings is 1. The molecule has 2 aliphatic rings. The molecule has 1 amide bonds. The molecule has 4 rings (SSSR count). The van der Waals surface area contributed by atoms with E-state index in [4.69, 9.17) is 13.9 Å². The fourth-order valence-electron chi connectivity index (χ4n) is 4.20. The minimum Gasteiger partial charge on any atom is -0.507 e. The number of aliphatic hydroxyl groups excluding tert-OH is 1. The van der Waals surface area contributed by atoms with Gasteiger partial charge in [0, 0.05) is 31.7 Å². The van der Waals surface area contributed by atoms with Gasteiger partial charge in [-0.3, -0.25) is 14.5 Å². The molecule has 0 radical (unpaired) electrons. The van der Waals surface area contributed by atoms with E-state index < -0.39 is 17.7 Å². The van der Waals surface area contributed by atoms with Gasteiger partial charge in [-0.1, -0.05) is 12.1 Å². The van der Waals surface area contributed by atoms with Crippen LogP contribution in [0.5, 0.6) is 5.75 Å². The average Bonchev–Trinajstić information content (AvgIpc) is 3.42. The van der Waals surface area contributed by atoms with Gasteiger partial charge < -0.3 is 23.9 Å². The van der Waals surface area contributed by atoms with E-state index in [9.17, 15) is 14.7 Å². The Bertz CT molecular complexity index is 978. The van der Waals surface area contributed by atoms with Crippen molar-refractivity contribution in [1.82, 2.24) is 9.80 Å². The number of likely N-dealkylation sites (tertiary alicyclic amines) is 1. The summed E-state index contributed by atoms with van der Waals surface area (Å²) < 4.78 is 16.5. The molecule has 8 nitrogen and oxygen atoms in total. The number of ketones is 1. The molecule has 0 spiro atoms. The van der Waals surface area contributed by atoms with E-state index in [2.05, 4.69) is 4.90 Å². The number of nitrogens with zero attached hydrogens (tertiary/aromatic N) is 2. The predicted molar refractivity (Wildman–Crippen MR) is 117 cm³/mol. The minimum absolute atomic E-state index is 0.0324. The number of benzene rings is 1. The standard InChI is InChI=1S/C24H28N2O6/c1-2-31-18-7-3-6-17(16-18)22(27)20-21(19-8-4-13-32-19)26(24(29)23(20)28)10-5-9-25-11-14-30-15-12-25/h3-4,6-8,13,16,21,27H,2,5,9-12,14-15H2,1H3/t21-/m0/s1. The van der Waals surface area contributed by atoms with Gasteiger partial charge in [-0.15, -0.1) is 0 Å². The molecule has 1 aromatic carbocycles. The first-order valence-corrected chi connectivity index (χ1v) is 10.9. The summed E-state index contributed by atoms with van der Waals surface area (Å²) in [6, 6.07) is 9.50. The topological polar surface area (TPSA) is 92.5 Å². The van der Waals surface area contributed by atoms with Crippen LogP contribution < -0.4 is 4.74 Å². The highest BCUT2D eigenvalue weighted by atomic mass is 16.5. The number of hydrogen-bond donors (Lipinski definition) is 1. The predicted octanol–water partition coefficient (Wildman–Crippen LogP) is 2.82. The smallest absolute Gasteiger partial charge is 0.295 e. The molecular formula is C24H28N2O6. The van der Waals surface area contributed by atoms with Gasteiger partial charge in [-0.05, 0) is 37.6 Å². The molecule has 2 aliphatic heterocycles. The number of carbonyl (C=O) groups is 2. The number of Topliss-reactive ketones (excluding diaryl/α,β-unsaturated/α-hetero) is 1. The van der Waals surface area contributed by atoms with E-state index in [0.29, 0.717) is 49.9 Å². The fraction of sp³-hybridized carbons (Fsp3) is 0.417. The molecule has 170 valence electrons. The van der Waals surface area contributed by atoms with Crippen LogP contribution in [0.2, 0.25) is 0 Å². The van der Waals surface area contributed by atoms with Crippen LogP contribution in [0.25, 0.3) is 5.76 Å². The summed E-state index contributed by atoms with van der Waals surface area (Å²) in [6.45, 7) is 6.65. The van der Waals surface area contributed by atoms with E-state index in [1.54, 1.807) is 36.4 Å². The van der Waals surface area contributed by atoms with Gasteiger partial charge in [0.15, 0.2) is 0 Å². The Kier molecular flexibility index (Phi) is 6.92. The fourth-order valence-corrected chi connectivity index (χ4v) is 4.20. The first-order valence-electron chi connectivity index (χ1n) is 10.9. The maximum Gasteiger partial charge on any atom is 0.295 e. The molecule has 0 aliphatic carbocycles.